The van der Waals surface area contributed by atoms with Gasteiger partial charge in [-0.25, -0.2) is 4.98 Å². The Morgan fingerprint density at radius 1 is 1.56 bits per heavy atom. The zero-order chi connectivity index (χ0) is 11.5. The summed E-state index contributed by atoms with van der Waals surface area (Å²) in [5, 5.41) is 7.99. The Balaban J connectivity index is 2.10. The minimum atomic E-state index is 0.214. The molecule has 4 nitrogen and oxygen atoms in total. The number of imidazole rings is 1. The second kappa shape index (κ2) is 4.88. The molecule has 16 heavy (non-hydrogen) atoms. The van der Waals surface area contributed by atoms with Gasteiger partial charge in [0.25, 0.3) is 0 Å². The minimum Gasteiger partial charge on any atom is -0.388 e. The summed E-state index contributed by atoms with van der Waals surface area (Å²) in [6.07, 6.45) is 0.589. The molecule has 0 fully saturated rings. The molecule has 0 unspecified atom stereocenters. The van der Waals surface area contributed by atoms with E-state index < -0.39 is 0 Å². The van der Waals surface area contributed by atoms with Crippen LogP contribution in [0.3, 0.4) is 0 Å². The largest absolute Gasteiger partial charge is 0.388 e. The third kappa shape index (κ3) is 2.76. The Labute approximate surface area is 106 Å². The summed E-state index contributed by atoms with van der Waals surface area (Å²) in [5.41, 5.74) is 7.25. The van der Waals surface area contributed by atoms with Crippen LogP contribution < -0.4 is 5.73 Å². The van der Waals surface area contributed by atoms with Crippen LogP contribution in [0.1, 0.15) is 6.42 Å². The average molecular weight is 299 g/mol. The number of nitrogens with one attached hydrogen (secondary N) is 2. The Morgan fingerprint density at radius 3 is 3.12 bits per heavy atom. The second-order valence-electron chi connectivity index (χ2n) is 3.33. The van der Waals surface area contributed by atoms with Crippen molar-refractivity contribution >= 4 is 44.6 Å². The highest BCUT2D eigenvalue weighted by Gasteiger charge is 2.03. The van der Waals surface area contributed by atoms with E-state index in [1.54, 1.807) is 11.8 Å². The first kappa shape index (κ1) is 11.5. The maximum absolute atomic E-state index is 7.12. The number of aromatic nitrogens is 2. The molecule has 0 amide bonds. The molecule has 4 N–H and O–H groups in total. The first-order valence-corrected chi connectivity index (χ1v) is 6.54. The van der Waals surface area contributed by atoms with Crippen molar-refractivity contribution in [3.63, 3.8) is 0 Å². The van der Waals surface area contributed by atoms with E-state index in [4.69, 9.17) is 11.1 Å². The second-order valence-corrected chi connectivity index (χ2v) is 5.33. The van der Waals surface area contributed by atoms with Gasteiger partial charge in [-0.15, -0.1) is 0 Å². The number of amidine groups is 1. The van der Waals surface area contributed by atoms with Crippen LogP contribution in [-0.2, 0) is 0 Å². The highest BCUT2D eigenvalue weighted by molar-refractivity contribution is 9.10. The molecule has 0 saturated carbocycles. The number of nitrogens with zero attached hydrogens (tertiary/aromatic N) is 1. The van der Waals surface area contributed by atoms with E-state index in [-0.39, 0.29) is 5.84 Å². The first-order chi connectivity index (χ1) is 7.65. The summed E-state index contributed by atoms with van der Waals surface area (Å²) in [6.45, 7) is 0. The van der Waals surface area contributed by atoms with Crippen molar-refractivity contribution in [1.29, 1.82) is 5.41 Å². The zero-order valence-corrected chi connectivity index (χ0v) is 10.9. The molecule has 84 valence electrons. The molecule has 2 aromatic rings. The van der Waals surface area contributed by atoms with Gasteiger partial charge in [-0.1, -0.05) is 27.7 Å². The average Bonchev–Trinajstić information content (AvgIpc) is 2.58. The quantitative estimate of drug-likeness (QED) is 0.461. The fraction of sp³-hybridized carbons (Fsp3) is 0.200. The number of thioether (sulfide) groups is 1. The van der Waals surface area contributed by atoms with Gasteiger partial charge >= 0.3 is 0 Å². The van der Waals surface area contributed by atoms with Crippen molar-refractivity contribution in [3.05, 3.63) is 22.7 Å². The topological polar surface area (TPSA) is 78.6 Å². The van der Waals surface area contributed by atoms with Crippen LogP contribution in [0.2, 0.25) is 0 Å². The van der Waals surface area contributed by atoms with Crippen LogP contribution in [0.15, 0.2) is 27.8 Å². The van der Waals surface area contributed by atoms with E-state index in [0.717, 1.165) is 26.4 Å². The number of fused-ring (bicyclic) bond motifs is 1. The summed E-state index contributed by atoms with van der Waals surface area (Å²) < 4.78 is 1.03. The molecule has 0 aliphatic rings. The van der Waals surface area contributed by atoms with Gasteiger partial charge in [0.1, 0.15) is 0 Å². The number of rotatable bonds is 4. The Hall–Kier alpha value is -1.01. The summed E-state index contributed by atoms with van der Waals surface area (Å²) in [5.74, 6) is 0.988. The van der Waals surface area contributed by atoms with E-state index >= 15 is 0 Å². The number of hydrogen-bond donors (Lipinski definition) is 3. The van der Waals surface area contributed by atoms with Gasteiger partial charge in [-0.3, -0.25) is 5.41 Å². The first-order valence-electron chi connectivity index (χ1n) is 4.76. The maximum Gasteiger partial charge on any atom is 0.166 e. The SMILES string of the molecule is N=C(N)CCSc1nc2ccc(Br)cc2[nH]1. The molecule has 0 saturated heterocycles. The molecule has 0 bridgehead atoms. The van der Waals surface area contributed by atoms with Gasteiger partial charge in [0.2, 0.25) is 0 Å². The lowest BCUT2D eigenvalue weighted by molar-refractivity contribution is 1.07. The fourth-order valence-corrected chi connectivity index (χ4v) is 2.51. The highest BCUT2D eigenvalue weighted by atomic mass is 79.9. The Kier molecular flexibility index (Phi) is 3.50. The van der Waals surface area contributed by atoms with E-state index in [1.807, 2.05) is 18.2 Å². The van der Waals surface area contributed by atoms with Gasteiger partial charge in [0.15, 0.2) is 5.16 Å². The molecule has 0 spiro atoms. The molecule has 0 aliphatic carbocycles. The lowest BCUT2D eigenvalue weighted by Crippen LogP contribution is -2.09. The summed E-state index contributed by atoms with van der Waals surface area (Å²) in [4.78, 5) is 7.65. The van der Waals surface area contributed by atoms with E-state index in [9.17, 15) is 0 Å². The monoisotopic (exact) mass is 298 g/mol. The Bertz CT molecular complexity index is 523. The third-order valence-electron chi connectivity index (χ3n) is 2.03. The highest BCUT2D eigenvalue weighted by Crippen LogP contribution is 2.22. The van der Waals surface area contributed by atoms with Crippen LogP contribution in [0, 0.1) is 5.41 Å². The molecule has 0 aliphatic heterocycles. The van der Waals surface area contributed by atoms with E-state index in [0.29, 0.717) is 6.42 Å². The van der Waals surface area contributed by atoms with Gasteiger partial charge in [-0.2, -0.15) is 0 Å². The summed E-state index contributed by atoms with van der Waals surface area (Å²) in [7, 11) is 0. The third-order valence-corrected chi connectivity index (χ3v) is 3.40. The van der Waals surface area contributed by atoms with Gasteiger partial charge < -0.3 is 10.7 Å². The number of halogens is 1. The van der Waals surface area contributed by atoms with E-state index in [2.05, 4.69) is 25.9 Å². The van der Waals surface area contributed by atoms with Crippen molar-refractivity contribution < 1.29 is 0 Å². The van der Waals surface area contributed by atoms with Crippen molar-refractivity contribution in [2.75, 3.05) is 5.75 Å². The Morgan fingerprint density at radius 2 is 2.38 bits per heavy atom. The predicted octanol–water partition coefficient (Wildman–Crippen LogP) is 2.74. The smallest absolute Gasteiger partial charge is 0.166 e. The molecule has 1 aromatic carbocycles. The molecule has 0 atom stereocenters. The summed E-state index contributed by atoms with van der Waals surface area (Å²) in [6, 6.07) is 5.93. The standard InChI is InChI=1S/C10H11BrN4S/c11-6-1-2-7-8(5-6)15-10(14-7)16-4-3-9(12)13/h1-2,5H,3-4H2,(H3,12,13)(H,14,15). The van der Waals surface area contributed by atoms with Crippen LogP contribution in [0.25, 0.3) is 11.0 Å². The number of aromatic amines is 1. The van der Waals surface area contributed by atoms with Gasteiger partial charge in [0.05, 0.1) is 16.9 Å². The molecule has 6 heteroatoms. The van der Waals surface area contributed by atoms with Crippen molar-refractivity contribution in [1.82, 2.24) is 9.97 Å². The fourth-order valence-electron chi connectivity index (χ4n) is 1.28. The number of hydrogen-bond acceptors (Lipinski definition) is 3. The van der Waals surface area contributed by atoms with Crippen LogP contribution in [-0.4, -0.2) is 21.6 Å². The van der Waals surface area contributed by atoms with E-state index in [1.165, 1.54) is 0 Å². The van der Waals surface area contributed by atoms with Crippen molar-refractivity contribution in [2.24, 2.45) is 5.73 Å². The molecule has 1 heterocycles. The minimum absolute atomic E-state index is 0.214. The zero-order valence-electron chi connectivity index (χ0n) is 8.46. The number of nitrogens with two attached hydrogens (primary N) is 1. The van der Waals surface area contributed by atoms with Crippen molar-refractivity contribution in [2.45, 2.75) is 11.6 Å². The molecule has 2 rings (SSSR count). The van der Waals surface area contributed by atoms with Gasteiger partial charge in [0, 0.05) is 16.6 Å². The van der Waals surface area contributed by atoms with Gasteiger partial charge in [-0.05, 0) is 18.2 Å². The van der Waals surface area contributed by atoms with Crippen molar-refractivity contribution in [3.8, 4) is 0 Å². The molecular weight excluding hydrogens is 288 g/mol. The lowest BCUT2D eigenvalue weighted by Gasteiger charge is -1.95. The lowest BCUT2D eigenvalue weighted by atomic mass is 10.3. The maximum atomic E-state index is 7.12. The number of benzene rings is 1. The predicted molar refractivity (Wildman–Crippen MR) is 71.0 cm³/mol. The molecule has 1 aromatic heterocycles. The molecule has 0 radical (unpaired) electrons. The normalized spacial score (nSPS) is 10.8. The van der Waals surface area contributed by atoms with Crippen LogP contribution >= 0.6 is 27.7 Å². The van der Waals surface area contributed by atoms with Crippen LogP contribution in [0.4, 0.5) is 0 Å². The molecular formula is C10H11BrN4S. The summed E-state index contributed by atoms with van der Waals surface area (Å²) >= 11 is 4.99. The van der Waals surface area contributed by atoms with Crippen LogP contribution in [0.5, 0.6) is 0 Å². The number of H-pyrrole nitrogens is 1.